The monoisotopic (exact) mass is 254 g/mol. The number of hydrogen-bond acceptors (Lipinski definition) is 2. The Morgan fingerprint density at radius 2 is 2.29 bits per heavy atom. The second-order valence-corrected chi connectivity index (χ2v) is 4.14. The number of carbonyl (C=O) groups is 1. The number of benzene rings is 1. The van der Waals surface area contributed by atoms with Crippen LogP contribution in [0.5, 0.6) is 5.75 Å². The largest absolute Gasteiger partial charge is 0.491 e. The number of carbonyl (C=O) groups excluding carboxylic acids is 1. The highest BCUT2D eigenvalue weighted by Crippen LogP contribution is 2.35. The molecule has 1 heterocycles. The molecule has 0 saturated heterocycles. The van der Waals surface area contributed by atoms with Crippen LogP contribution in [0.2, 0.25) is 0 Å². The summed E-state index contributed by atoms with van der Waals surface area (Å²) in [7, 11) is 0. The minimum atomic E-state index is 0.199. The van der Waals surface area contributed by atoms with E-state index in [0.29, 0.717) is 13.0 Å². The van der Waals surface area contributed by atoms with E-state index in [1.165, 1.54) is 0 Å². The Balaban J connectivity index is 2.64. The van der Waals surface area contributed by atoms with Gasteiger partial charge in [-0.3, -0.25) is 4.79 Å². The van der Waals surface area contributed by atoms with E-state index in [9.17, 15) is 4.79 Å². The van der Waals surface area contributed by atoms with E-state index in [1.807, 2.05) is 19.1 Å². The molecule has 2 nitrogen and oxygen atoms in total. The van der Waals surface area contributed by atoms with Crippen LogP contribution < -0.4 is 4.74 Å². The van der Waals surface area contributed by atoms with Crippen molar-refractivity contribution in [1.29, 1.82) is 0 Å². The lowest BCUT2D eigenvalue weighted by molar-refractivity contribution is 0.0931. The average molecular weight is 255 g/mol. The van der Waals surface area contributed by atoms with E-state index in [-0.39, 0.29) is 5.78 Å². The van der Waals surface area contributed by atoms with Crippen LogP contribution in [0.3, 0.4) is 0 Å². The molecule has 3 heteroatoms. The first kappa shape index (κ1) is 9.71. The van der Waals surface area contributed by atoms with Gasteiger partial charge in [0.25, 0.3) is 0 Å². The van der Waals surface area contributed by atoms with Crippen LogP contribution in [0.4, 0.5) is 0 Å². The van der Waals surface area contributed by atoms with Crippen molar-refractivity contribution in [1.82, 2.24) is 0 Å². The van der Waals surface area contributed by atoms with Crippen molar-refractivity contribution in [3.05, 3.63) is 27.7 Å². The highest BCUT2D eigenvalue weighted by atomic mass is 79.9. The lowest BCUT2D eigenvalue weighted by Gasteiger charge is -2.20. The normalized spacial score (nSPS) is 14.9. The van der Waals surface area contributed by atoms with E-state index in [2.05, 4.69) is 15.9 Å². The molecule has 0 aromatic heterocycles. The quantitative estimate of drug-likeness (QED) is 0.771. The first-order valence-corrected chi connectivity index (χ1v) is 5.50. The van der Waals surface area contributed by atoms with E-state index >= 15 is 0 Å². The number of hydrogen-bond donors (Lipinski definition) is 0. The van der Waals surface area contributed by atoms with Crippen LogP contribution in [-0.2, 0) is 6.42 Å². The number of ketones is 1. The first-order chi connectivity index (χ1) is 6.74. The molecule has 14 heavy (non-hydrogen) atoms. The Morgan fingerprint density at radius 3 is 3.00 bits per heavy atom. The molecule has 0 spiro atoms. The summed E-state index contributed by atoms with van der Waals surface area (Å²) in [4.78, 5) is 11.7. The highest BCUT2D eigenvalue weighted by molar-refractivity contribution is 9.10. The zero-order valence-electron chi connectivity index (χ0n) is 7.97. The van der Waals surface area contributed by atoms with Gasteiger partial charge in [0.05, 0.1) is 16.6 Å². The van der Waals surface area contributed by atoms with Gasteiger partial charge in [-0.15, -0.1) is 0 Å². The summed E-state index contributed by atoms with van der Waals surface area (Å²) in [5.74, 6) is 0.921. The van der Waals surface area contributed by atoms with Crippen molar-refractivity contribution in [2.75, 3.05) is 6.61 Å². The number of aryl methyl sites for hydroxylation is 1. The fourth-order valence-electron chi connectivity index (χ4n) is 1.71. The summed E-state index contributed by atoms with van der Waals surface area (Å²) in [6.45, 7) is 2.54. The van der Waals surface area contributed by atoms with Gasteiger partial charge >= 0.3 is 0 Å². The summed E-state index contributed by atoms with van der Waals surface area (Å²) in [6, 6.07) is 3.92. The fraction of sp³-hybridized carbons (Fsp3) is 0.364. The van der Waals surface area contributed by atoms with Gasteiger partial charge in [-0.05, 0) is 34.0 Å². The molecule has 1 aliphatic rings. The van der Waals surface area contributed by atoms with E-state index in [0.717, 1.165) is 27.8 Å². The smallest absolute Gasteiger partial charge is 0.170 e. The van der Waals surface area contributed by atoms with Crippen molar-refractivity contribution < 1.29 is 9.53 Å². The van der Waals surface area contributed by atoms with Crippen LogP contribution in [0.25, 0.3) is 0 Å². The third kappa shape index (κ3) is 1.46. The maximum Gasteiger partial charge on any atom is 0.170 e. The predicted octanol–water partition coefficient (Wildman–Crippen LogP) is 2.98. The Morgan fingerprint density at radius 1 is 1.50 bits per heavy atom. The zero-order valence-corrected chi connectivity index (χ0v) is 9.56. The van der Waals surface area contributed by atoms with Crippen molar-refractivity contribution >= 4 is 21.7 Å². The van der Waals surface area contributed by atoms with Crippen LogP contribution in [0.15, 0.2) is 16.6 Å². The number of ether oxygens (including phenoxy) is 1. The van der Waals surface area contributed by atoms with E-state index < -0.39 is 0 Å². The van der Waals surface area contributed by atoms with Gasteiger partial charge < -0.3 is 4.74 Å². The summed E-state index contributed by atoms with van der Waals surface area (Å²) in [5.41, 5.74) is 1.85. The van der Waals surface area contributed by atoms with Gasteiger partial charge in [0.15, 0.2) is 5.78 Å². The van der Waals surface area contributed by atoms with E-state index in [1.54, 1.807) is 0 Å². The summed E-state index contributed by atoms with van der Waals surface area (Å²) in [6.07, 6.45) is 1.36. The molecule has 0 N–H and O–H groups in total. The van der Waals surface area contributed by atoms with Gasteiger partial charge in [-0.1, -0.05) is 13.0 Å². The third-order valence-electron chi connectivity index (χ3n) is 2.43. The zero-order chi connectivity index (χ0) is 10.1. The molecule has 0 fully saturated rings. The second-order valence-electron chi connectivity index (χ2n) is 3.29. The SMILES string of the molecule is CCc1ccc(Br)c2c1C(=O)CCO2. The second kappa shape index (κ2) is 3.73. The van der Waals surface area contributed by atoms with Crippen molar-refractivity contribution in [2.45, 2.75) is 19.8 Å². The van der Waals surface area contributed by atoms with Crippen molar-refractivity contribution in [2.24, 2.45) is 0 Å². The topological polar surface area (TPSA) is 26.3 Å². The fourth-order valence-corrected chi connectivity index (χ4v) is 2.16. The van der Waals surface area contributed by atoms with Crippen LogP contribution in [-0.4, -0.2) is 12.4 Å². The molecule has 1 aromatic carbocycles. The number of halogens is 1. The minimum Gasteiger partial charge on any atom is -0.491 e. The van der Waals surface area contributed by atoms with Crippen molar-refractivity contribution in [3.63, 3.8) is 0 Å². The van der Waals surface area contributed by atoms with Gasteiger partial charge in [0.1, 0.15) is 5.75 Å². The molecular formula is C11H11BrO2. The number of rotatable bonds is 1. The molecule has 2 rings (SSSR count). The van der Waals surface area contributed by atoms with Gasteiger partial charge in [-0.2, -0.15) is 0 Å². The van der Waals surface area contributed by atoms with Crippen LogP contribution >= 0.6 is 15.9 Å². The average Bonchev–Trinajstić information content (AvgIpc) is 2.20. The first-order valence-electron chi connectivity index (χ1n) is 4.71. The summed E-state index contributed by atoms with van der Waals surface area (Å²) < 4.78 is 6.37. The van der Waals surface area contributed by atoms with Crippen molar-refractivity contribution in [3.8, 4) is 5.75 Å². The molecule has 74 valence electrons. The van der Waals surface area contributed by atoms with Crippen LogP contribution in [0, 0.1) is 0 Å². The summed E-state index contributed by atoms with van der Waals surface area (Å²) >= 11 is 3.40. The Hall–Kier alpha value is -0.830. The number of fused-ring (bicyclic) bond motifs is 1. The molecule has 0 amide bonds. The standard InChI is InChI=1S/C11H11BrO2/c1-2-7-3-4-8(12)11-10(7)9(13)5-6-14-11/h3-4H,2,5-6H2,1H3. The van der Waals surface area contributed by atoms with E-state index in [4.69, 9.17) is 4.74 Å². The molecule has 0 aliphatic carbocycles. The third-order valence-corrected chi connectivity index (χ3v) is 3.06. The predicted molar refractivity (Wildman–Crippen MR) is 58.0 cm³/mol. The molecular weight excluding hydrogens is 244 g/mol. The van der Waals surface area contributed by atoms with Gasteiger partial charge in [0, 0.05) is 6.42 Å². The highest BCUT2D eigenvalue weighted by Gasteiger charge is 2.23. The lowest BCUT2D eigenvalue weighted by Crippen LogP contribution is -2.17. The Kier molecular flexibility index (Phi) is 2.59. The maximum absolute atomic E-state index is 11.7. The molecule has 0 saturated carbocycles. The van der Waals surface area contributed by atoms with Gasteiger partial charge in [0.2, 0.25) is 0 Å². The molecule has 0 radical (unpaired) electrons. The lowest BCUT2D eigenvalue weighted by atomic mass is 9.97. The van der Waals surface area contributed by atoms with Crippen LogP contribution in [0.1, 0.15) is 29.3 Å². The minimum absolute atomic E-state index is 0.199. The number of Topliss-reactive ketones (excluding diaryl/α,β-unsaturated/α-hetero) is 1. The summed E-state index contributed by atoms with van der Waals surface area (Å²) in [5, 5.41) is 0. The molecule has 0 atom stereocenters. The van der Waals surface area contributed by atoms with Gasteiger partial charge in [-0.25, -0.2) is 0 Å². The molecule has 0 unspecified atom stereocenters. The Bertz CT molecular complexity index is 385. The molecule has 1 aromatic rings. The Labute approximate surface area is 91.4 Å². The maximum atomic E-state index is 11.7. The molecule has 1 aliphatic heterocycles. The molecule has 0 bridgehead atoms.